The van der Waals surface area contributed by atoms with Gasteiger partial charge in [0.15, 0.2) is 0 Å². The highest BCUT2D eigenvalue weighted by molar-refractivity contribution is 5.89. The lowest BCUT2D eigenvalue weighted by atomic mass is 10.2. The van der Waals surface area contributed by atoms with Crippen molar-refractivity contribution in [3.63, 3.8) is 0 Å². The number of nitrogens with two attached hydrogens (primary N) is 1. The number of carbonyl (C=O) groups excluding carboxylic acids is 1. The van der Waals surface area contributed by atoms with Crippen LogP contribution in [-0.2, 0) is 19.3 Å². The summed E-state index contributed by atoms with van der Waals surface area (Å²) in [6.45, 7) is 1.17. The number of nitrogens with one attached hydrogen (secondary N) is 1. The summed E-state index contributed by atoms with van der Waals surface area (Å²) >= 11 is 0. The van der Waals surface area contributed by atoms with Crippen LogP contribution >= 0.6 is 0 Å². The van der Waals surface area contributed by atoms with Gasteiger partial charge in [0.25, 0.3) is 0 Å². The summed E-state index contributed by atoms with van der Waals surface area (Å²) < 4.78 is 44.9. The zero-order valence-electron chi connectivity index (χ0n) is 16.1. The van der Waals surface area contributed by atoms with Gasteiger partial charge in [-0.3, -0.25) is 4.68 Å². The summed E-state index contributed by atoms with van der Waals surface area (Å²) in [6, 6.07) is 9.75. The topological polar surface area (TPSA) is 120 Å². The summed E-state index contributed by atoms with van der Waals surface area (Å²) in [7, 11) is 0. The lowest BCUT2D eigenvalue weighted by Crippen LogP contribution is -2.10. The van der Waals surface area contributed by atoms with Gasteiger partial charge in [0.1, 0.15) is 18.1 Å². The van der Waals surface area contributed by atoms with E-state index in [0.29, 0.717) is 30.2 Å². The monoisotopic (exact) mass is 433 g/mol. The van der Waals surface area contributed by atoms with Crippen LogP contribution in [0.15, 0.2) is 65.0 Å². The zero-order chi connectivity index (χ0) is 22.3. The highest BCUT2D eigenvalue weighted by Gasteiger charge is 2.29. The third-order valence-electron chi connectivity index (χ3n) is 3.87. The number of halogens is 3. The van der Waals surface area contributed by atoms with Crippen LogP contribution in [0, 0.1) is 0 Å². The molecule has 0 fully saturated rings. The molecule has 3 rings (SSSR count). The van der Waals surface area contributed by atoms with E-state index in [0.717, 1.165) is 24.3 Å². The summed E-state index contributed by atoms with van der Waals surface area (Å²) in [5.41, 5.74) is 5.78. The molecule has 0 bridgehead atoms. The lowest BCUT2D eigenvalue weighted by molar-refractivity contribution is -0.137. The van der Waals surface area contributed by atoms with E-state index in [2.05, 4.69) is 25.9 Å². The first-order chi connectivity index (χ1) is 14.8. The molecule has 0 spiro atoms. The number of benzene rings is 2. The van der Waals surface area contributed by atoms with Gasteiger partial charge in [-0.15, -0.1) is 10.2 Å². The Morgan fingerprint density at radius 2 is 1.97 bits per heavy atom. The van der Waals surface area contributed by atoms with Crippen molar-refractivity contribution in [3.8, 4) is 5.75 Å². The first-order valence-electron chi connectivity index (χ1n) is 9.05. The molecule has 9 nitrogen and oxygen atoms in total. The molecule has 0 aliphatic carbocycles. The average molecular weight is 433 g/mol. The summed E-state index contributed by atoms with van der Waals surface area (Å²) in [5, 5.41) is 17.5. The number of carbonyl (C=O) groups is 1. The Morgan fingerprint density at radius 3 is 2.68 bits per heavy atom. The predicted molar refractivity (Wildman–Crippen MR) is 105 cm³/mol. The molecule has 162 valence electrons. The molecule has 0 atom stereocenters. The molecule has 0 unspecified atom stereocenters. The molecule has 0 aliphatic heterocycles. The number of nitrogens with zero attached hydrogens (tertiary/aromatic N) is 5. The van der Waals surface area contributed by atoms with Gasteiger partial charge in [-0.05, 0) is 36.4 Å². The quantitative estimate of drug-likeness (QED) is 0.543. The number of azo groups is 1. The number of ether oxygens (including phenoxy) is 1. The number of anilines is 1. The zero-order valence-corrected chi connectivity index (χ0v) is 16.1. The molecule has 0 radical (unpaired) electrons. The highest BCUT2D eigenvalue weighted by Crippen LogP contribution is 2.30. The number of rotatable bonds is 7. The number of amides is 2. The Hall–Kier alpha value is -3.80. The molecule has 3 aromatic rings. The Bertz CT molecular complexity index is 1050. The van der Waals surface area contributed by atoms with Crippen molar-refractivity contribution in [1.82, 2.24) is 15.0 Å². The van der Waals surface area contributed by atoms with E-state index in [1.165, 1.54) is 0 Å². The van der Waals surface area contributed by atoms with Crippen molar-refractivity contribution < 1.29 is 22.7 Å². The van der Waals surface area contributed by atoms with Gasteiger partial charge in [0.05, 0.1) is 24.0 Å². The molecule has 1 heterocycles. The molecular formula is C19H18F3N7O2. The summed E-state index contributed by atoms with van der Waals surface area (Å²) in [5.74, 6) is 0.478. The molecule has 0 saturated heterocycles. The maximum Gasteiger partial charge on any atom is 0.416 e. The van der Waals surface area contributed by atoms with Crippen molar-refractivity contribution in [2.75, 3.05) is 11.9 Å². The molecule has 0 saturated carbocycles. The molecule has 12 heteroatoms. The van der Waals surface area contributed by atoms with Crippen LogP contribution < -0.4 is 15.8 Å². The van der Waals surface area contributed by atoms with Crippen LogP contribution in [0.4, 0.5) is 29.3 Å². The second-order valence-electron chi connectivity index (χ2n) is 6.25. The van der Waals surface area contributed by atoms with Crippen molar-refractivity contribution in [2.45, 2.75) is 19.3 Å². The van der Waals surface area contributed by atoms with E-state index in [9.17, 15) is 18.0 Å². The van der Waals surface area contributed by atoms with E-state index in [4.69, 9.17) is 10.5 Å². The number of urea groups is 1. The summed E-state index contributed by atoms with van der Waals surface area (Å²) in [4.78, 5) is 11.9. The van der Waals surface area contributed by atoms with Gasteiger partial charge in [-0.2, -0.15) is 13.2 Å². The normalized spacial score (nSPS) is 11.6. The molecule has 2 aromatic carbocycles. The minimum Gasteiger partial charge on any atom is -0.487 e. The lowest BCUT2D eigenvalue weighted by Gasteiger charge is -2.07. The van der Waals surface area contributed by atoms with Crippen LogP contribution in [0.25, 0.3) is 0 Å². The Kier molecular flexibility index (Phi) is 6.92. The minimum atomic E-state index is -4.44. The highest BCUT2D eigenvalue weighted by atomic mass is 19.4. The average Bonchev–Trinajstić information content (AvgIpc) is 3.18. The Labute approximate surface area is 174 Å². The number of aromatic nitrogens is 3. The fourth-order valence-corrected chi connectivity index (χ4v) is 2.44. The fraction of sp³-hybridized carbons (Fsp3) is 0.211. The molecule has 2 amide bonds. The third-order valence-corrected chi connectivity index (χ3v) is 3.87. The van der Waals surface area contributed by atoms with E-state index >= 15 is 0 Å². The largest absolute Gasteiger partial charge is 0.487 e. The van der Waals surface area contributed by atoms with Crippen molar-refractivity contribution in [3.05, 3.63) is 66.0 Å². The van der Waals surface area contributed by atoms with E-state index in [1.807, 2.05) is 0 Å². The van der Waals surface area contributed by atoms with Crippen molar-refractivity contribution in [2.24, 2.45) is 16.0 Å². The fourth-order valence-electron chi connectivity index (χ4n) is 2.44. The second kappa shape index (κ2) is 9.80. The van der Waals surface area contributed by atoms with Crippen molar-refractivity contribution >= 4 is 17.4 Å². The van der Waals surface area contributed by atoms with Crippen LogP contribution in [0.3, 0.4) is 0 Å². The maximum atomic E-state index is 12.6. The van der Waals surface area contributed by atoms with E-state index in [1.54, 1.807) is 35.1 Å². The molecule has 31 heavy (non-hydrogen) atoms. The van der Waals surface area contributed by atoms with E-state index < -0.39 is 17.8 Å². The maximum absolute atomic E-state index is 12.6. The predicted octanol–water partition coefficient (Wildman–Crippen LogP) is 4.15. The summed E-state index contributed by atoms with van der Waals surface area (Å²) in [6.07, 6.45) is -2.72. The second-order valence-corrected chi connectivity index (χ2v) is 6.25. The molecule has 3 N–H and O–H groups in total. The van der Waals surface area contributed by atoms with Crippen LogP contribution in [0.5, 0.6) is 5.75 Å². The first-order valence-corrected chi connectivity index (χ1v) is 9.05. The number of alkyl halides is 3. The van der Waals surface area contributed by atoms with Gasteiger partial charge >= 0.3 is 12.2 Å². The number of hydrogen-bond acceptors (Lipinski definition) is 6. The Balaban J connectivity index is 1.54. The molecule has 0 aliphatic rings. The molecular weight excluding hydrogens is 415 g/mol. The minimum absolute atomic E-state index is 0.114. The van der Waals surface area contributed by atoms with Gasteiger partial charge in [0.2, 0.25) is 0 Å². The van der Waals surface area contributed by atoms with Crippen LogP contribution in [0.2, 0.25) is 0 Å². The first kappa shape index (κ1) is 21.9. The van der Waals surface area contributed by atoms with Gasteiger partial charge in [-0.1, -0.05) is 16.4 Å². The third kappa shape index (κ3) is 6.60. The van der Waals surface area contributed by atoms with Gasteiger partial charge in [-0.25, -0.2) is 4.79 Å². The van der Waals surface area contributed by atoms with Gasteiger partial charge < -0.3 is 15.8 Å². The standard InChI is InChI=1S/C19H18F3N7O2/c20-19(21,22)13-4-6-14(7-5-13)25-27-18(30)24-15-2-1-3-17(10-15)31-12-16-11-29(9-8-23)28-26-16/h1-7,10-11H,8-9,12,23H2,(H,24,30). The smallest absolute Gasteiger partial charge is 0.416 e. The van der Waals surface area contributed by atoms with Gasteiger partial charge in [0, 0.05) is 18.3 Å². The van der Waals surface area contributed by atoms with E-state index in [-0.39, 0.29) is 12.3 Å². The van der Waals surface area contributed by atoms with Crippen LogP contribution in [-0.4, -0.2) is 27.6 Å². The van der Waals surface area contributed by atoms with Crippen LogP contribution in [0.1, 0.15) is 11.3 Å². The Morgan fingerprint density at radius 1 is 1.19 bits per heavy atom. The number of hydrogen-bond donors (Lipinski definition) is 2. The van der Waals surface area contributed by atoms with Crippen molar-refractivity contribution in [1.29, 1.82) is 0 Å². The SMILES string of the molecule is NCCn1cc(COc2cccc(NC(=O)N=Nc3ccc(C(F)(F)F)cc3)c2)nn1. The molecule has 1 aromatic heterocycles.